The van der Waals surface area contributed by atoms with Crippen LogP contribution < -0.4 is 0 Å². The molecule has 4 saturated heterocycles. The van der Waals surface area contributed by atoms with Gasteiger partial charge in [0.15, 0.2) is 0 Å². The van der Waals surface area contributed by atoms with Crippen LogP contribution in [0.3, 0.4) is 0 Å². The van der Waals surface area contributed by atoms with Gasteiger partial charge < -0.3 is 9.80 Å². The summed E-state index contributed by atoms with van der Waals surface area (Å²) in [4.78, 5) is 32.8. The van der Waals surface area contributed by atoms with Crippen LogP contribution in [0.15, 0.2) is 0 Å². The minimum atomic E-state index is 0.109. The molecular formula is C12H18N4O2. The molecule has 18 heavy (non-hydrogen) atoms. The van der Waals surface area contributed by atoms with E-state index in [1.165, 1.54) is 0 Å². The Morgan fingerprint density at radius 1 is 0.667 bits per heavy atom. The van der Waals surface area contributed by atoms with Crippen molar-refractivity contribution < 1.29 is 9.59 Å². The van der Waals surface area contributed by atoms with E-state index < -0.39 is 0 Å². The second kappa shape index (κ2) is 3.68. The standard InChI is InChI=1S/C12H18N4O2/c17-9-1-3-13-5-6-14-4-2-10(18)16-8-7-15(9)11(13)12(14)16/h11-12H,1-8H2/t11-,12-/m1/s1. The lowest BCUT2D eigenvalue weighted by Gasteiger charge is -2.61. The summed E-state index contributed by atoms with van der Waals surface area (Å²) in [5, 5.41) is 0. The molecule has 0 aromatic carbocycles. The molecule has 4 fully saturated rings. The molecule has 98 valence electrons. The van der Waals surface area contributed by atoms with Crippen LogP contribution in [-0.4, -0.2) is 83.0 Å². The van der Waals surface area contributed by atoms with E-state index >= 15 is 0 Å². The quantitative estimate of drug-likeness (QED) is 0.538. The molecule has 6 nitrogen and oxygen atoms in total. The molecule has 4 aliphatic rings. The van der Waals surface area contributed by atoms with Gasteiger partial charge in [-0.05, 0) is 0 Å². The number of carbonyl (C=O) groups excluding carboxylic acids is 2. The topological polar surface area (TPSA) is 47.1 Å². The molecule has 0 N–H and O–H groups in total. The smallest absolute Gasteiger partial charge is 0.225 e. The summed E-state index contributed by atoms with van der Waals surface area (Å²) in [7, 11) is 0. The molecular weight excluding hydrogens is 232 g/mol. The van der Waals surface area contributed by atoms with E-state index in [0.717, 1.165) is 26.2 Å². The summed E-state index contributed by atoms with van der Waals surface area (Å²) < 4.78 is 0. The molecule has 0 spiro atoms. The monoisotopic (exact) mass is 250 g/mol. The van der Waals surface area contributed by atoms with Crippen molar-refractivity contribution in [2.75, 3.05) is 39.3 Å². The number of nitrogens with zero attached hydrogens (tertiary/aromatic N) is 4. The van der Waals surface area contributed by atoms with Crippen LogP contribution in [0.5, 0.6) is 0 Å². The number of hydrogen-bond donors (Lipinski definition) is 0. The summed E-state index contributed by atoms with van der Waals surface area (Å²) in [6.07, 6.45) is 1.49. The fourth-order valence-electron chi connectivity index (χ4n) is 3.89. The third-order valence-corrected chi connectivity index (χ3v) is 4.78. The Kier molecular flexibility index (Phi) is 2.20. The van der Waals surface area contributed by atoms with Crippen LogP contribution in [0, 0.1) is 0 Å². The second-order valence-corrected chi connectivity index (χ2v) is 5.57. The molecule has 4 aliphatic heterocycles. The largest absolute Gasteiger partial charge is 0.322 e. The van der Waals surface area contributed by atoms with Gasteiger partial charge in [0, 0.05) is 52.1 Å². The Bertz CT molecular complexity index is 375. The highest BCUT2D eigenvalue weighted by Crippen LogP contribution is 2.32. The van der Waals surface area contributed by atoms with E-state index in [9.17, 15) is 9.59 Å². The highest BCUT2D eigenvalue weighted by molar-refractivity contribution is 5.80. The molecule has 0 aliphatic carbocycles. The van der Waals surface area contributed by atoms with E-state index in [1.54, 1.807) is 0 Å². The van der Waals surface area contributed by atoms with Crippen LogP contribution in [-0.2, 0) is 9.59 Å². The van der Waals surface area contributed by atoms with Crippen molar-refractivity contribution in [1.82, 2.24) is 19.6 Å². The number of carbonyl (C=O) groups is 2. The molecule has 0 aromatic heterocycles. The predicted octanol–water partition coefficient (Wildman–Crippen LogP) is -1.27. The van der Waals surface area contributed by atoms with Crippen molar-refractivity contribution in [3.05, 3.63) is 0 Å². The fourth-order valence-corrected chi connectivity index (χ4v) is 3.89. The van der Waals surface area contributed by atoms with Gasteiger partial charge in [-0.2, -0.15) is 0 Å². The van der Waals surface area contributed by atoms with Gasteiger partial charge in [0.05, 0.1) is 0 Å². The third kappa shape index (κ3) is 1.30. The van der Waals surface area contributed by atoms with Gasteiger partial charge in [-0.25, -0.2) is 0 Å². The highest BCUT2D eigenvalue weighted by Gasteiger charge is 2.52. The summed E-state index contributed by atoms with van der Waals surface area (Å²) in [5.41, 5.74) is 0. The van der Waals surface area contributed by atoms with Crippen molar-refractivity contribution in [3.63, 3.8) is 0 Å². The highest BCUT2D eigenvalue weighted by atomic mass is 16.2. The summed E-state index contributed by atoms with van der Waals surface area (Å²) in [6, 6.07) is 0. The molecule has 2 amide bonds. The van der Waals surface area contributed by atoms with Gasteiger partial charge in [-0.15, -0.1) is 0 Å². The minimum absolute atomic E-state index is 0.109. The van der Waals surface area contributed by atoms with Crippen LogP contribution in [0.2, 0.25) is 0 Å². The number of rotatable bonds is 0. The van der Waals surface area contributed by atoms with Crippen molar-refractivity contribution >= 4 is 11.8 Å². The molecule has 2 atom stereocenters. The molecule has 4 heterocycles. The first-order chi connectivity index (χ1) is 8.75. The zero-order valence-electron chi connectivity index (χ0n) is 10.4. The zero-order chi connectivity index (χ0) is 12.3. The molecule has 0 bridgehead atoms. The fraction of sp³-hybridized carbons (Fsp3) is 0.833. The van der Waals surface area contributed by atoms with Gasteiger partial charge in [-0.1, -0.05) is 0 Å². The van der Waals surface area contributed by atoms with Gasteiger partial charge in [0.25, 0.3) is 0 Å². The van der Waals surface area contributed by atoms with E-state index in [0.29, 0.717) is 25.9 Å². The SMILES string of the molecule is O=C1CCN2CCN3CCC(=O)N4CCN1[C@@H]2[C@H]34. The Labute approximate surface area is 106 Å². The van der Waals surface area contributed by atoms with Crippen LogP contribution in [0.4, 0.5) is 0 Å². The lowest BCUT2D eigenvalue weighted by atomic mass is 10.0. The molecule has 0 unspecified atom stereocenters. The first-order valence-corrected chi connectivity index (χ1v) is 6.83. The van der Waals surface area contributed by atoms with E-state index in [4.69, 9.17) is 0 Å². The number of amides is 2. The second-order valence-electron chi connectivity index (χ2n) is 5.57. The average molecular weight is 250 g/mol. The van der Waals surface area contributed by atoms with Crippen molar-refractivity contribution in [1.29, 1.82) is 0 Å². The lowest BCUT2D eigenvalue weighted by Crippen LogP contribution is -2.78. The van der Waals surface area contributed by atoms with Crippen LogP contribution >= 0.6 is 0 Å². The Balaban J connectivity index is 1.73. The number of hydrogen-bond acceptors (Lipinski definition) is 4. The minimum Gasteiger partial charge on any atom is -0.322 e. The third-order valence-electron chi connectivity index (χ3n) is 4.78. The summed E-state index contributed by atoms with van der Waals surface area (Å²) in [5.74, 6) is 0.520. The Morgan fingerprint density at radius 3 is 1.56 bits per heavy atom. The zero-order valence-corrected chi connectivity index (χ0v) is 10.4. The Hall–Kier alpha value is -1.14. The van der Waals surface area contributed by atoms with Crippen molar-refractivity contribution in [2.24, 2.45) is 0 Å². The van der Waals surface area contributed by atoms with Crippen LogP contribution in [0.1, 0.15) is 12.8 Å². The Morgan fingerprint density at radius 2 is 1.11 bits per heavy atom. The van der Waals surface area contributed by atoms with Crippen LogP contribution in [0.25, 0.3) is 0 Å². The molecule has 4 rings (SSSR count). The molecule has 0 aromatic rings. The van der Waals surface area contributed by atoms with E-state index in [2.05, 4.69) is 9.80 Å². The maximum absolute atomic E-state index is 12.0. The van der Waals surface area contributed by atoms with Gasteiger partial charge in [0.1, 0.15) is 12.3 Å². The predicted molar refractivity (Wildman–Crippen MR) is 63.4 cm³/mol. The normalized spacial score (nSPS) is 36.9. The van der Waals surface area contributed by atoms with Crippen molar-refractivity contribution in [3.8, 4) is 0 Å². The first kappa shape index (κ1) is 10.8. The summed E-state index contributed by atoms with van der Waals surface area (Å²) >= 11 is 0. The van der Waals surface area contributed by atoms with Crippen molar-refractivity contribution in [2.45, 2.75) is 25.2 Å². The van der Waals surface area contributed by atoms with E-state index in [-0.39, 0.29) is 24.1 Å². The number of piperazine rings is 2. The van der Waals surface area contributed by atoms with Gasteiger partial charge >= 0.3 is 0 Å². The molecule has 0 radical (unpaired) electrons. The molecule has 0 saturated carbocycles. The first-order valence-electron chi connectivity index (χ1n) is 6.83. The van der Waals surface area contributed by atoms with E-state index in [1.807, 2.05) is 9.80 Å². The molecule has 6 heteroatoms. The summed E-state index contributed by atoms with van der Waals surface area (Å²) in [6.45, 7) is 5.16. The van der Waals surface area contributed by atoms with Gasteiger partial charge in [-0.3, -0.25) is 19.4 Å². The maximum atomic E-state index is 12.0. The average Bonchev–Trinajstić information content (AvgIpc) is 2.40. The van der Waals surface area contributed by atoms with Gasteiger partial charge in [0.2, 0.25) is 11.8 Å². The lowest BCUT2D eigenvalue weighted by molar-refractivity contribution is -0.196. The maximum Gasteiger partial charge on any atom is 0.225 e.